The van der Waals surface area contributed by atoms with Crippen molar-refractivity contribution in [3.8, 4) is 17.1 Å². The van der Waals surface area contributed by atoms with Crippen molar-refractivity contribution in [2.24, 2.45) is 10.9 Å². The average Bonchev–Trinajstić information content (AvgIpc) is 2.73. The van der Waals surface area contributed by atoms with E-state index in [2.05, 4.69) is 30.7 Å². The van der Waals surface area contributed by atoms with Crippen LogP contribution < -0.4 is 10.3 Å². The Hall–Kier alpha value is -2.95. The van der Waals surface area contributed by atoms with Crippen molar-refractivity contribution in [3.63, 3.8) is 0 Å². The van der Waals surface area contributed by atoms with Crippen molar-refractivity contribution < 1.29 is 4.74 Å². The predicted molar refractivity (Wildman–Crippen MR) is 121 cm³/mol. The number of aryl methyl sites for hydroxylation is 1. The van der Waals surface area contributed by atoms with Crippen LogP contribution in [0.5, 0.6) is 5.75 Å². The van der Waals surface area contributed by atoms with Gasteiger partial charge in [-0.15, -0.1) is 0 Å². The van der Waals surface area contributed by atoms with E-state index in [1.54, 1.807) is 0 Å². The minimum absolute atomic E-state index is 0.159. The lowest BCUT2D eigenvalue weighted by Gasteiger charge is -2.11. The molecule has 1 aromatic heterocycles. The lowest BCUT2D eigenvalue weighted by atomic mass is 10.1. The monoisotopic (exact) mass is 391 g/mol. The van der Waals surface area contributed by atoms with Gasteiger partial charge in [0.05, 0.1) is 28.8 Å². The fourth-order valence-electron chi connectivity index (χ4n) is 3.05. The Balaban J connectivity index is 2.04. The van der Waals surface area contributed by atoms with Gasteiger partial charge >= 0.3 is 0 Å². The number of nitrogens with zero attached hydrogens (tertiary/aromatic N) is 2. The second-order valence-corrected chi connectivity index (χ2v) is 7.48. The fraction of sp³-hybridized carbons (Fsp3) is 0.375. The summed E-state index contributed by atoms with van der Waals surface area (Å²) in [7, 11) is 0. The number of benzene rings is 2. The van der Waals surface area contributed by atoms with E-state index in [1.165, 1.54) is 0 Å². The van der Waals surface area contributed by atoms with Crippen LogP contribution in [-0.2, 0) is 0 Å². The van der Waals surface area contributed by atoms with Crippen molar-refractivity contribution in [1.29, 1.82) is 0 Å². The van der Waals surface area contributed by atoms with Gasteiger partial charge in [0.15, 0.2) is 0 Å². The highest BCUT2D eigenvalue weighted by molar-refractivity contribution is 5.85. The molecule has 1 atom stereocenters. The third-order valence-corrected chi connectivity index (χ3v) is 5.06. The number of rotatable bonds is 8. The zero-order valence-corrected chi connectivity index (χ0v) is 17.7. The van der Waals surface area contributed by atoms with Gasteiger partial charge in [-0.2, -0.15) is 0 Å². The van der Waals surface area contributed by atoms with E-state index in [0.717, 1.165) is 41.8 Å². The number of aliphatic imine (C=N–C) groups is 1. The summed E-state index contributed by atoms with van der Waals surface area (Å²) in [6.07, 6.45) is 4.93. The summed E-state index contributed by atoms with van der Waals surface area (Å²) in [6.45, 7) is 9.04. The number of nitrogens with one attached hydrogen (secondary N) is 1. The number of ether oxygens (including phenoxy) is 1. The van der Waals surface area contributed by atoms with Crippen LogP contribution in [0.15, 0.2) is 46.2 Å². The van der Waals surface area contributed by atoms with E-state index in [-0.39, 0.29) is 5.56 Å². The van der Waals surface area contributed by atoms with Crippen LogP contribution in [-0.4, -0.2) is 22.8 Å². The Labute approximate surface area is 171 Å². The lowest BCUT2D eigenvalue weighted by Crippen LogP contribution is -2.10. The minimum Gasteiger partial charge on any atom is -0.493 e. The quantitative estimate of drug-likeness (QED) is 0.492. The molecule has 3 aromatic rings. The SMILES string of the molecule is CCCOc1ccccc1-c1nc2cc(N=CCC(C)CC)c(C)cc2c(=O)[nH]1. The average molecular weight is 392 g/mol. The smallest absolute Gasteiger partial charge is 0.259 e. The second-order valence-electron chi connectivity index (χ2n) is 7.48. The van der Waals surface area contributed by atoms with E-state index < -0.39 is 0 Å². The molecule has 3 rings (SSSR count). The third-order valence-electron chi connectivity index (χ3n) is 5.06. The first-order valence-corrected chi connectivity index (χ1v) is 10.3. The molecule has 0 radical (unpaired) electrons. The van der Waals surface area contributed by atoms with Crippen LogP contribution in [0, 0.1) is 12.8 Å². The molecule has 1 unspecified atom stereocenters. The highest BCUT2D eigenvalue weighted by Crippen LogP contribution is 2.29. The molecule has 0 fully saturated rings. The Morgan fingerprint density at radius 2 is 2.03 bits per heavy atom. The minimum atomic E-state index is -0.159. The molecule has 0 saturated heterocycles. The molecule has 5 heteroatoms. The molecule has 0 aliphatic rings. The molecular formula is C24H29N3O2. The van der Waals surface area contributed by atoms with Crippen molar-refractivity contribution >= 4 is 22.8 Å². The first kappa shape index (κ1) is 20.8. The maximum Gasteiger partial charge on any atom is 0.259 e. The zero-order valence-electron chi connectivity index (χ0n) is 17.7. The Morgan fingerprint density at radius 3 is 2.79 bits per heavy atom. The zero-order chi connectivity index (χ0) is 20.8. The second kappa shape index (κ2) is 9.50. The molecule has 0 bridgehead atoms. The van der Waals surface area contributed by atoms with Gasteiger partial charge in [0, 0.05) is 6.21 Å². The Bertz CT molecular complexity index is 1070. The number of hydrogen-bond donors (Lipinski definition) is 1. The van der Waals surface area contributed by atoms with Crippen LogP contribution in [0.25, 0.3) is 22.3 Å². The maximum absolute atomic E-state index is 12.7. The number of hydrogen-bond acceptors (Lipinski definition) is 4. The standard InChI is InChI=1S/C24H29N3O2/c1-5-13-29-22-10-8-7-9-18(22)23-26-21-15-20(25-12-11-16(3)6-2)17(4)14-19(21)24(28)27-23/h7-10,12,14-16H,5-6,11,13H2,1-4H3,(H,26,27,28). The molecule has 0 amide bonds. The molecule has 0 aliphatic heterocycles. The normalized spacial score (nSPS) is 12.6. The lowest BCUT2D eigenvalue weighted by molar-refractivity contribution is 0.318. The Morgan fingerprint density at radius 1 is 1.24 bits per heavy atom. The molecule has 29 heavy (non-hydrogen) atoms. The molecule has 5 nitrogen and oxygen atoms in total. The first-order valence-electron chi connectivity index (χ1n) is 10.3. The van der Waals surface area contributed by atoms with E-state index in [1.807, 2.05) is 49.5 Å². The van der Waals surface area contributed by atoms with Crippen molar-refractivity contribution in [2.45, 2.75) is 47.0 Å². The number of para-hydroxylation sites is 1. The fourth-order valence-corrected chi connectivity index (χ4v) is 3.05. The van der Waals surface area contributed by atoms with Crippen molar-refractivity contribution in [1.82, 2.24) is 9.97 Å². The molecule has 0 saturated carbocycles. The topological polar surface area (TPSA) is 67.3 Å². The van der Waals surface area contributed by atoms with Gasteiger partial charge in [-0.05, 0) is 55.5 Å². The maximum atomic E-state index is 12.7. The largest absolute Gasteiger partial charge is 0.493 e. The number of aromatic amines is 1. The molecule has 1 N–H and O–H groups in total. The Kier molecular flexibility index (Phi) is 6.81. The van der Waals surface area contributed by atoms with Crippen LogP contribution in [0.1, 0.15) is 45.6 Å². The number of fused-ring (bicyclic) bond motifs is 1. The molecule has 0 spiro atoms. The summed E-state index contributed by atoms with van der Waals surface area (Å²) in [4.78, 5) is 25.0. The number of aromatic nitrogens is 2. The summed E-state index contributed by atoms with van der Waals surface area (Å²) < 4.78 is 5.84. The highest BCUT2D eigenvalue weighted by atomic mass is 16.5. The van der Waals surface area contributed by atoms with Crippen LogP contribution >= 0.6 is 0 Å². The third kappa shape index (κ3) is 4.91. The van der Waals surface area contributed by atoms with Crippen LogP contribution in [0.3, 0.4) is 0 Å². The summed E-state index contributed by atoms with van der Waals surface area (Å²) in [5.41, 5.74) is 3.07. The van der Waals surface area contributed by atoms with E-state index in [0.29, 0.717) is 29.3 Å². The van der Waals surface area contributed by atoms with E-state index in [4.69, 9.17) is 9.72 Å². The molecule has 1 heterocycles. The van der Waals surface area contributed by atoms with Crippen molar-refractivity contribution in [3.05, 3.63) is 52.3 Å². The molecule has 0 aliphatic carbocycles. The summed E-state index contributed by atoms with van der Waals surface area (Å²) in [5, 5.41) is 0.569. The predicted octanol–water partition coefficient (Wildman–Crippen LogP) is 5.83. The van der Waals surface area contributed by atoms with E-state index >= 15 is 0 Å². The number of H-pyrrole nitrogens is 1. The first-order chi connectivity index (χ1) is 14.0. The molecular weight excluding hydrogens is 362 g/mol. The highest BCUT2D eigenvalue weighted by Gasteiger charge is 2.12. The van der Waals surface area contributed by atoms with Crippen LogP contribution in [0.2, 0.25) is 0 Å². The van der Waals surface area contributed by atoms with E-state index in [9.17, 15) is 4.79 Å². The van der Waals surface area contributed by atoms with Gasteiger partial charge in [0.2, 0.25) is 0 Å². The summed E-state index contributed by atoms with van der Waals surface area (Å²) in [6, 6.07) is 11.4. The summed E-state index contributed by atoms with van der Waals surface area (Å²) in [5.74, 6) is 1.83. The van der Waals surface area contributed by atoms with Crippen molar-refractivity contribution in [2.75, 3.05) is 6.61 Å². The van der Waals surface area contributed by atoms with Gasteiger partial charge < -0.3 is 9.72 Å². The van der Waals surface area contributed by atoms with Gasteiger partial charge in [-0.1, -0.05) is 39.3 Å². The van der Waals surface area contributed by atoms with Gasteiger partial charge in [-0.25, -0.2) is 4.98 Å². The summed E-state index contributed by atoms with van der Waals surface area (Å²) >= 11 is 0. The van der Waals surface area contributed by atoms with Crippen LogP contribution in [0.4, 0.5) is 5.69 Å². The van der Waals surface area contributed by atoms with Gasteiger partial charge in [-0.3, -0.25) is 9.79 Å². The van der Waals surface area contributed by atoms with Gasteiger partial charge in [0.1, 0.15) is 11.6 Å². The molecule has 152 valence electrons. The van der Waals surface area contributed by atoms with Gasteiger partial charge in [0.25, 0.3) is 5.56 Å². The molecule has 2 aromatic carbocycles.